The second-order valence-electron chi connectivity index (χ2n) is 6.80. The van der Waals surface area contributed by atoms with E-state index in [1.54, 1.807) is 18.6 Å². The van der Waals surface area contributed by atoms with Crippen LogP contribution in [0, 0.1) is 0 Å². The molecule has 0 bridgehead atoms. The van der Waals surface area contributed by atoms with Gasteiger partial charge in [-0.15, -0.1) is 0 Å². The number of hydrogen-bond donors (Lipinski definition) is 0. The molecule has 0 atom stereocenters. The molecule has 3 rings (SSSR count). The van der Waals surface area contributed by atoms with Crippen LogP contribution in [0.15, 0.2) is 43.0 Å². The maximum atomic E-state index is 5.86. The predicted molar refractivity (Wildman–Crippen MR) is 94.9 cm³/mol. The highest BCUT2D eigenvalue weighted by Gasteiger charge is 2.15. The monoisotopic (exact) mass is 326 g/mol. The van der Waals surface area contributed by atoms with Crippen LogP contribution in [0.2, 0.25) is 25.7 Å². The Morgan fingerprint density at radius 2 is 1.87 bits per heavy atom. The van der Waals surface area contributed by atoms with E-state index in [4.69, 9.17) is 4.74 Å². The molecule has 0 saturated heterocycles. The second-order valence-corrected chi connectivity index (χ2v) is 12.4. The van der Waals surface area contributed by atoms with Gasteiger partial charge < -0.3 is 9.30 Å². The van der Waals surface area contributed by atoms with Crippen LogP contribution in [0.25, 0.3) is 22.4 Å². The Labute approximate surface area is 137 Å². The summed E-state index contributed by atoms with van der Waals surface area (Å²) >= 11 is 0. The Hall–Kier alpha value is -2.05. The van der Waals surface area contributed by atoms with E-state index < -0.39 is 8.07 Å². The number of rotatable bonds is 6. The van der Waals surface area contributed by atoms with E-state index in [1.165, 1.54) is 0 Å². The summed E-state index contributed by atoms with van der Waals surface area (Å²) in [6, 6.07) is 7.03. The van der Waals surface area contributed by atoms with E-state index in [0.29, 0.717) is 6.73 Å². The SMILES string of the molecule is C[Si](C)(C)CCOCn1cc(-c2ccccn2)c2nccnc21. The fraction of sp³-hybridized carbons (Fsp3) is 0.353. The molecule has 3 aromatic heterocycles. The van der Waals surface area contributed by atoms with Crippen molar-refractivity contribution >= 4 is 19.2 Å². The zero-order valence-corrected chi connectivity index (χ0v) is 14.9. The third-order valence-electron chi connectivity index (χ3n) is 3.66. The molecular weight excluding hydrogens is 304 g/mol. The second kappa shape index (κ2) is 6.60. The fourth-order valence-electron chi connectivity index (χ4n) is 2.36. The van der Waals surface area contributed by atoms with Gasteiger partial charge in [0.1, 0.15) is 12.2 Å². The molecule has 3 heterocycles. The molecule has 0 unspecified atom stereocenters. The number of ether oxygens (including phenoxy) is 1. The predicted octanol–water partition coefficient (Wildman–Crippen LogP) is 3.81. The summed E-state index contributed by atoms with van der Waals surface area (Å²) in [4.78, 5) is 13.4. The number of aromatic nitrogens is 4. The Kier molecular flexibility index (Phi) is 4.54. The highest BCUT2D eigenvalue weighted by atomic mass is 28.3. The molecule has 0 aromatic carbocycles. The Balaban J connectivity index is 1.84. The van der Waals surface area contributed by atoms with E-state index in [9.17, 15) is 0 Å². The lowest BCUT2D eigenvalue weighted by atomic mass is 10.2. The molecular formula is C17H22N4OSi. The number of fused-ring (bicyclic) bond motifs is 1. The minimum Gasteiger partial charge on any atom is -0.361 e. The van der Waals surface area contributed by atoms with Crippen LogP contribution in [0.5, 0.6) is 0 Å². The normalized spacial score (nSPS) is 12.0. The summed E-state index contributed by atoms with van der Waals surface area (Å²) in [5.41, 5.74) is 3.59. The van der Waals surface area contributed by atoms with Crippen LogP contribution in [-0.2, 0) is 11.5 Å². The molecule has 5 nitrogen and oxygen atoms in total. The van der Waals surface area contributed by atoms with Crippen molar-refractivity contribution in [2.24, 2.45) is 0 Å². The minimum atomic E-state index is -1.07. The third kappa shape index (κ3) is 3.83. The summed E-state index contributed by atoms with van der Waals surface area (Å²) in [7, 11) is -1.07. The van der Waals surface area contributed by atoms with Crippen LogP contribution < -0.4 is 0 Å². The highest BCUT2D eigenvalue weighted by molar-refractivity contribution is 6.76. The van der Waals surface area contributed by atoms with E-state index in [2.05, 4.69) is 34.6 Å². The summed E-state index contributed by atoms with van der Waals surface area (Å²) < 4.78 is 7.87. The van der Waals surface area contributed by atoms with Crippen LogP contribution in [-0.4, -0.2) is 34.2 Å². The van der Waals surface area contributed by atoms with Gasteiger partial charge in [0, 0.05) is 45.0 Å². The van der Waals surface area contributed by atoms with Gasteiger partial charge in [-0.1, -0.05) is 25.7 Å². The fourth-order valence-corrected chi connectivity index (χ4v) is 3.11. The molecule has 0 N–H and O–H groups in total. The Morgan fingerprint density at radius 1 is 1.04 bits per heavy atom. The molecule has 6 heteroatoms. The number of pyridine rings is 1. The highest BCUT2D eigenvalue weighted by Crippen LogP contribution is 2.26. The van der Waals surface area contributed by atoms with Gasteiger partial charge in [-0.3, -0.25) is 9.97 Å². The van der Waals surface area contributed by atoms with Gasteiger partial charge in [-0.2, -0.15) is 0 Å². The van der Waals surface area contributed by atoms with E-state index in [1.807, 2.05) is 29.0 Å². The topological polar surface area (TPSA) is 52.8 Å². The van der Waals surface area contributed by atoms with Crippen molar-refractivity contribution in [3.05, 3.63) is 43.0 Å². The van der Waals surface area contributed by atoms with Crippen LogP contribution in [0.3, 0.4) is 0 Å². The molecule has 3 aromatic rings. The van der Waals surface area contributed by atoms with Gasteiger partial charge in [-0.25, -0.2) is 4.98 Å². The zero-order valence-electron chi connectivity index (χ0n) is 13.9. The van der Waals surface area contributed by atoms with Gasteiger partial charge in [0.05, 0.1) is 5.69 Å². The Morgan fingerprint density at radius 3 is 2.61 bits per heavy atom. The van der Waals surface area contributed by atoms with Gasteiger partial charge in [0.25, 0.3) is 0 Å². The first-order valence-corrected chi connectivity index (χ1v) is 11.5. The van der Waals surface area contributed by atoms with Crippen LogP contribution in [0.4, 0.5) is 0 Å². The lowest BCUT2D eigenvalue weighted by molar-refractivity contribution is 0.0899. The van der Waals surface area contributed by atoms with E-state index >= 15 is 0 Å². The molecule has 0 fully saturated rings. The van der Waals surface area contributed by atoms with Crippen molar-refractivity contribution in [3.63, 3.8) is 0 Å². The average molecular weight is 326 g/mol. The van der Waals surface area contributed by atoms with Gasteiger partial charge in [-0.05, 0) is 18.2 Å². The summed E-state index contributed by atoms with van der Waals surface area (Å²) in [6.45, 7) is 8.34. The summed E-state index contributed by atoms with van der Waals surface area (Å²) in [5.74, 6) is 0. The minimum absolute atomic E-state index is 0.493. The first-order valence-electron chi connectivity index (χ1n) is 7.84. The molecule has 0 aliphatic carbocycles. The first kappa shape index (κ1) is 15.8. The molecule has 0 radical (unpaired) electrons. The van der Waals surface area contributed by atoms with Crippen molar-refractivity contribution < 1.29 is 4.74 Å². The maximum Gasteiger partial charge on any atom is 0.161 e. The van der Waals surface area contributed by atoms with Gasteiger partial charge >= 0.3 is 0 Å². The molecule has 23 heavy (non-hydrogen) atoms. The lowest BCUT2D eigenvalue weighted by Crippen LogP contribution is -2.22. The Bertz CT molecular complexity index is 780. The lowest BCUT2D eigenvalue weighted by Gasteiger charge is -2.15. The molecule has 120 valence electrons. The van der Waals surface area contributed by atoms with Crippen molar-refractivity contribution in [3.8, 4) is 11.3 Å². The van der Waals surface area contributed by atoms with Gasteiger partial charge in [0.2, 0.25) is 0 Å². The molecule has 0 spiro atoms. The quantitative estimate of drug-likeness (QED) is 0.510. The van der Waals surface area contributed by atoms with Crippen molar-refractivity contribution in [1.29, 1.82) is 0 Å². The largest absolute Gasteiger partial charge is 0.361 e. The van der Waals surface area contributed by atoms with E-state index in [0.717, 1.165) is 35.1 Å². The summed E-state index contributed by atoms with van der Waals surface area (Å²) in [5, 5.41) is 0. The smallest absolute Gasteiger partial charge is 0.161 e. The van der Waals surface area contributed by atoms with Crippen molar-refractivity contribution in [2.45, 2.75) is 32.4 Å². The van der Waals surface area contributed by atoms with Crippen molar-refractivity contribution in [2.75, 3.05) is 6.61 Å². The van der Waals surface area contributed by atoms with Crippen LogP contribution >= 0.6 is 0 Å². The van der Waals surface area contributed by atoms with Crippen LogP contribution in [0.1, 0.15) is 0 Å². The first-order chi connectivity index (χ1) is 11.0. The molecule has 0 aliphatic rings. The number of hydrogen-bond acceptors (Lipinski definition) is 4. The average Bonchev–Trinajstić information content (AvgIpc) is 2.91. The summed E-state index contributed by atoms with van der Waals surface area (Å²) in [6.07, 6.45) is 7.25. The molecule has 0 aliphatic heterocycles. The van der Waals surface area contributed by atoms with Crippen molar-refractivity contribution in [1.82, 2.24) is 19.5 Å². The standard InChI is InChI=1S/C17H22N4OSi/c1-23(2,3)11-10-22-13-21-12-14(15-6-4-5-7-18-15)16-17(21)20-9-8-19-16/h4-9,12H,10-11,13H2,1-3H3. The molecule has 0 amide bonds. The zero-order chi connectivity index (χ0) is 16.3. The maximum absolute atomic E-state index is 5.86. The van der Waals surface area contributed by atoms with Gasteiger partial charge in [0.15, 0.2) is 5.65 Å². The van der Waals surface area contributed by atoms with E-state index in [-0.39, 0.29) is 0 Å². The molecule has 0 saturated carbocycles. The number of nitrogens with zero attached hydrogens (tertiary/aromatic N) is 4. The third-order valence-corrected chi connectivity index (χ3v) is 5.36.